The van der Waals surface area contributed by atoms with Crippen molar-refractivity contribution in [3.63, 3.8) is 0 Å². The topological polar surface area (TPSA) is 46.6 Å². The third-order valence-electron chi connectivity index (χ3n) is 4.85. The number of halogens is 1. The van der Waals surface area contributed by atoms with E-state index in [4.69, 9.17) is 16.3 Å². The van der Waals surface area contributed by atoms with Crippen molar-refractivity contribution in [2.75, 3.05) is 25.4 Å². The number of sulfonamides is 1. The van der Waals surface area contributed by atoms with Gasteiger partial charge in [-0.2, -0.15) is 16.1 Å². The lowest BCUT2D eigenvalue weighted by Crippen LogP contribution is -2.33. The fraction of sp³-hybridized carbons (Fsp3) is 0.368. The summed E-state index contributed by atoms with van der Waals surface area (Å²) in [7, 11) is -3.49. The summed E-state index contributed by atoms with van der Waals surface area (Å²) >= 11 is 8.11. The Morgan fingerprint density at radius 1 is 1.15 bits per heavy atom. The average molecular weight is 410 g/mol. The Bertz CT molecular complexity index is 917. The van der Waals surface area contributed by atoms with Crippen molar-refractivity contribution in [2.45, 2.75) is 23.0 Å². The van der Waals surface area contributed by atoms with Crippen molar-refractivity contribution in [3.8, 4) is 5.75 Å². The Kier molecular flexibility index (Phi) is 5.19. The van der Waals surface area contributed by atoms with Crippen LogP contribution >= 0.6 is 23.4 Å². The molecular formula is C19H20ClNO3S2. The average Bonchev–Trinajstić information content (AvgIpc) is 2.97. The second kappa shape index (κ2) is 7.43. The molecule has 2 aliphatic heterocycles. The molecule has 2 aromatic rings. The lowest BCUT2D eigenvalue weighted by atomic mass is 10.1. The van der Waals surface area contributed by atoms with E-state index < -0.39 is 10.0 Å². The van der Waals surface area contributed by atoms with Gasteiger partial charge in [-0.05, 0) is 41.8 Å². The largest absolute Gasteiger partial charge is 0.493 e. The molecule has 1 unspecified atom stereocenters. The van der Waals surface area contributed by atoms with Crippen LogP contribution in [0.1, 0.15) is 22.8 Å². The van der Waals surface area contributed by atoms with Gasteiger partial charge < -0.3 is 4.74 Å². The van der Waals surface area contributed by atoms with Crippen molar-refractivity contribution < 1.29 is 13.2 Å². The Morgan fingerprint density at radius 2 is 2.00 bits per heavy atom. The van der Waals surface area contributed by atoms with Crippen LogP contribution in [0.15, 0.2) is 47.4 Å². The van der Waals surface area contributed by atoms with Gasteiger partial charge in [0.05, 0.1) is 11.5 Å². The van der Waals surface area contributed by atoms with Gasteiger partial charge in [0.15, 0.2) is 0 Å². The molecule has 0 radical (unpaired) electrons. The van der Waals surface area contributed by atoms with Crippen LogP contribution in [0.2, 0.25) is 5.02 Å². The van der Waals surface area contributed by atoms with Gasteiger partial charge >= 0.3 is 0 Å². The standard InChI is InChI=1S/C19H20ClNO3S2/c20-17-4-2-1-3-16(17)19-7-9-21(10-12-25-19)26(22,23)15-5-6-18-14(13-15)8-11-24-18/h1-6,13,19H,7-12H2. The minimum absolute atomic E-state index is 0.220. The molecule has 0 amide bonds. The summed E-state index contributed by atoms with van der Waals surface area (Å²) in [6, 6.07) is 13.0. The van der Waals surface area contributed by atoms with Gasteiger partial charge in [-0.15, -0.1) is 0 Å². The SMILES string of the molecule is O=S(=O)(c1ccc2c(c1)CCO2)N1CCSC(c2ccccc2Cl)CC1. The number of rotatable bonds is 3. The van der Waals surface area contributed by atoms with E-state index in [-0.39, 0.29) is 5.25 Å². The van der Waals surface area contributed by atoms with E-state index in [1.165, 1.54) is 0 Å². The van der Waals surface area contributed by atoms with Gasteiger partial charge in [0.1, 0.15) is 5.75 Å². The summed E-state index contributed by atoms with van der Waals surface area (Å²) in [5, 5.41) is 0.970. The molecule has 0 saturated carbocycles. The normalized spacial score (nSPS) is 21.0. The number of nitrogens with zero attached hydrogens (tertiary/aromatic N) is 1. The molecule has 1 fully saturated rings. The minimum Gasteiger partial charge on any atom is -0.493 e. The molecule has 0 aliphatic carbocycles. The first kappa shape index (κ1) is 18.2. The van der Waals surface area contributed by atoms with Crippen LogP contribution in [0.4, 0.5) is 0 Å². The van der Waals surface area contributed by atoms with Crippen molar-refractivity contribution in [1.29, 1.82) is 0 Å². The van der Waals surface area contributed by atoms with E-state index in [1.54, 1.807) is 34.3 Å². The summed E-state index contributed by atoms with van der Waals surface area (Å²) < 4.78 is 33.3. The molecule has 2 aromatic carbocycles. The predicted molar refractivity (Wildman–Crippen MR) is 106 cm³/mol. The summed E-state index contributed by atoms with van der Waals surface area (Å²) in [5.74, 6) is 1.55. The molecule has 7 heteroatoms. The third-order valence-corrected chi connectivity index (χ3v) is 8.40. The zero-order valence-electron chi connectivity index (χ0n) is 14.2. The first-order valence-electron chi connectivity index (χ1n) is 8.67. The van der Waals surface area contributed by atoms with Crippen LogP contribution in [-0.4, -0.2) is 38.2 Å². The lowest BCUT2D eigenvalue weighted by molar-refractivity contribution is 0.356. The van der Waals surface area contributed by atoms with Gasteiger partial charge in [0.2, 0.25) is 10.0 Å². The highest BCUT2D eigenvalue weighted by Gasteiger charge is 2.30. The van der Waals surface area contributed by atoms with Gasteiger partial charge in [-0.25, -0.2) is 8.42 Å². The van der Waals surface area contributed by atoms with Crippen LogP contribution in [0.25, 0.3) is 0 Å². The van der Waals surface area contributed by atoms with Crippen LogP contribution in [0, 0.1) is 0 Å². The molecule has 4 rings (SSSR count). The first-order valence-corrected chi connectivity index (χ1v) is 11.5. The number of ether oxygens (including phenoxy) is 1. The monoisotopic (exact) mass is 409 g/mol. The molecule has 1 atom stereocenters. The molecule has 2 aliphatic rings. The van der Waals surface area contributed by atoms with E-state index >= 15 is 0 Å². The maximum Gasteiger partial charge on any atom is 0.243 e. The van der Waals surface area contributed by atoms with Crippen molar-refractivity contribution in [3.05, 3.63) is 58.6 Å². The number of hydrogen-bond donors (Lipinski definition) is 0. The predicted octanol–water partition coefficient (Wildman–Crippen LogP) is 4.14. The highest BCUT2D eigenvalue weighted by molar-refractivity contribution is 7.99. The van der Waals surface area contributed by atoms with Crippen LogP contribution in [0.3, 0.4) is 0 Å². The number of hydrogen-bond acceptors (Lipinski definition) is 4. The van der Waals surface area contributed by atoms with Crippen LogP contribution in [0.5, 0.6) is 5.75 Å². The lowest BCUT2D eigenvalue weighted by Gasteiger charge is -2.20. The molecule has 0 N–H and O–H groups in total. The Morgan fingerprint density at radius 3 is 2.85 bits per heavy atom. The highest BCUT2D eigenvalue weighted by atomic mass is 35.5. The Labute approximate surface area is 163 Å². The Hall–Kier alpha value is -1.21. The number of benzene rings is 2. The van der Waals surface area contributed by atoms with Gasteiger partial charge in [0.25, 0.3) is 0 Å². The smallest absolute Gasteiger partial charge is 0.243 e. The Balaban J connectivity index is 1.54. The molecule has 1 saturated heterocycles. The van der Waals surface area contributed by atoms with Gasteiger partial charge in [-0.1, -0.05) is 29.8 Å². The molecule has 138 valence electrons. The number of fused-ring (bicyclic) bond motifs is 1. The highest BCUT2D eigenvalue weighted by Crippen LogP contribution is 2.39. The van der Waals surface area contributed by atoms with Crippen molar-refractivity contribution in [1.82, 2.24) is 4.31 Å². The molecular weight excluding hydrogens is 390 g/mol. The zero-order valence-corrected chi connectivity index (χ0v) is 16.6. The third kappa shape index (κ3) is 3.48. The van der Waals surface area contributed by atoms with Crippen LogP contribution < -0.4 is 4.74 Å². The van der Waals surface area contributed by atoms with E-state index in [0.717, 1.165) is 40.5 Å². The van der Waals surface area contributed by atoms with Crippen molar-refractivity contribution >= 4 is 33.4 Å². The molecule has 4 nitrogen and oxygen atoms in total. The molecule has 0 spiro atoms. The maximum atomic E-state index is 13.1. The maximum absolute atomic E-state index is 13.1. The summed E-state index contributed by atoms with van der Waals surface area (Å²) in [4.78, 5) is 0.364. The van der Waals surface area contributed by atoms with E-state index in [2.05, 4.69) is 0 Å². The molecule has 2 heterocycles. The summed E-state index contributed by atoms with van der Waals surface area (Å²) in [6.45, 7) is 1.64. The zero-order chi connectivity index (χ0) is 18.1. The van der Waals surface area contributed by atoms with E-state index in [1.807, 2.05) is 24.3 Å². The first-order chi connectivity index (χ1) is 12.6. The van der Waals surface area contributed by atoms with E-state index in [9.17, 15) is 8.42 Å². The molecule has 0 aromatic heterocycles. The fourth-order valence-corrected chi connectivity index (χ4v) is 6.67. The summed E-state index contributed by atoms with van der Waals surface area (Å²) in [5.41, 5.74) is 2.07. The van der Waals surface area contributed by atoms with E-state index in [0.29, 0.717) is 24.6 Å². The molecule has 0 bridgehead atoms. The van der Waals surface area contributed by atoms with Crippen molar-refractivity contribution in [2.24, 2.45) is 0 Å². The van der Waals surface area contributed by atoms with Crippen LogP contribution in [-0.2, 0) is 16.4 Å². The summed E-state index contributed by atoms with van der Waals surface area (Å²) in [6.07, 6.45) is 1.52. The minimum atomic E-state index is -3.49. The number of thioether (sulfide) groups is 1. The van der Waals surface area contributed by atoms with Gasteiger partial charge in [0, 0.05) is 35.5 Å². The molecule has 26 heavy (non-hydrogen) atoms. The van der Waals surface area contributed by atoms with Gasteiger partial charge in [-0.3, -0.25) is 0 Å². The fourth-order valence-electron chi connectivity index (χ4n) is 3.45. The second-order valence-electron chi connectivity index (χ2n) is 6.44. The second-order valence-corrected chi connectivity index (χ2v) is 10.1. The quantitative estimate of drug-likeness (QED) is 0.764.